The molecule has 0 bridgehead atoms. The van der Waals surface area contributed by atoms with Crippen LogP contribution in [0, 0.1) is 6.92 Å². The van der Waals surface area contributed by atoms with E-state index in [1.807, 2.05) is 31.2 Å². The van der Waals surface area contributed by atoms with Crippen molar-refractivity contribution in [3.63, 3.8) is 0 Å². The molecule has 0 fully saturated rings. The second kappa shape index (κ2) is 5.16. The van der Waals surface area contributed by atoms with Crippen LogP contribution in [0.5, 0.6) is 11.5 Å². The van der Waals surface area contributed by atoms with Gasteiger partial charge in [0, 0.05) is 17.3 Å². The number of ether oxygens (including phenoxy) is 2. The molecule has 8 heteroatoms. The third-order valence-electron chi connectivity index (χ3n) is 3.41. The minimum atomic E-state index is 0.228. The normalized spacial score (nSPS) is 12.4. The summed E-state index contributed by atoms with van der Waals surface area (Å²) in [7, 11) is 0. The Morgan fingerprint density at radius 1 is 1.17 bits per heavy atom. The Balaban J connectivity index is 1.63. The highest BCUT2D eigenvalue weighted by molar-refractivity contribution is 5.73. The molecule has 0 amide bonds. The minimum absolute atomic E-state index is 0.228. The number of aromatic nitrogens is 4. The van der Waals surface area contributed by atoms with Crippen molar-refractivity contribution in [1.82, 2.24) is 20.2 Å². The molecule has 3 heterocycles. The van der Waals surface area contributed by atoms with Crippen molar-refractivity contribution in [2.75, 3.05) is 17.8 Å². The number of nitrogens with zero attached hydrogens (tertiary/aromatic N) is 3. The standard InChI is InChI=1S/C15H14N6O2/c1-8-4-12(21-20-8)18-13-6-17-14(15(16)19-13)9-2-3-10-11(5-9)23-7-22-10/h2-6H,7H2,1H3,(H4,16,18,19,20,21). The molecule has 0 radical (unpaired) electrons. The third kappa shape index (κ3) is 2.50. The lowest BCUT2D eigenvalue weighted by atomic mass is 10.1. The van der Waals surface area contributed by atoms with E-state index in [-0.39, 0.29) is 6.79 Å². The average Bonchev–Trinajstić information content (AvgIpc) is 3.15. The van der Waals surface area contributed by atoms with Gasteiger partial charge in [-0.25, -0.2) is 9.97 Å². The summed E-state index contributed by atoms with van der Waals surface area (Å²) in [6.07, 6.45) is 1.61. The summed E-state index contributed by atoms with van der Waals surface area (Å²) in [5.41, 5.74) is 8.40. The number of hydrogen-bond acceptors (Lipinski definition) is 7. The van der Waals surface area contributed by atoms with Gasteiger partial charge in [0.15, 0.2) is 29.0 Å². The van der Waals surface area contributed by atoms with Crippen LogP contribution in [0.4, 0.5) is 17.5 Å². The van der Waals surface area contributed by atoms with E-state index in [0.717, 1.165) is 11.3 Å². The topological polar surface area (TPSA) is 111 Å². The molecular weight excluding hydrogens is 296 g/mol. The van der Waals surface area contributed by atoms with Crippen molar-refractivity contribution in [2.45, 2.75) is 6.92 Å². The second-order valence-electron chi connectivity index (χ2n) is 5.12. The largest absolute Gasteiger partial charge is 0.454 e. The van der Waals surface area contributed by atoms with Crippen LogP contribution in [0.1, 0.15) is 5.69 Å². The fraction of sp³-hybridized carbons (Fsp3) is 0.133. The van der Waals surface area contributed by atoms with Gasteiger partial charge in [-0.2, -0.15) is 5.10 Å². The molecule has 0 saturated carbocycles. The van der Waals surface area contributed by atoms with Crippen molar-refractivity contribution in [2.24, 2.45) is 0 Å². The van der Waals surface area contributed by atoms with E-state index in [4.69, 9.17) is 15.2 Å². The maximum atomic E-state index is 6.04. The van der Waals surface area contributed by atoms with Crippen molar-refractivity contribution >= 4 is 17.5 Å². The number of nitrogens with one attached hydrogen (secondary N) is 2. The Hall–Kier alpha value is -3.29. The summed E-state index contributed by atoms with van der Waals surface area (Å²) in [5, 5.41) is 9.98. The molecule has 116 valence electrons. The number of nitrogen functional groups attached to an aromatic ring is 1. The Bertz CT molecular complexity index is 876. The number of aryl methyl sites for hydroxylation is 1. The monoisotopic (exact) mass is 310 g/mol. The lowest BCUT2D eigenvalue weighted by molar-refractivity contribution is 0.174. The Morgan fingerprint density at radius 3 is 2.83 bits per heavy atom. The van der Waals surface area contributed by atoms with Gasteiger partial charge >= 0.3 is 0 Å². The molecule has 8 nitrogen and oxygen atoms in total. The number of rotatable bonds is 3. The molecule has 1 aliphatic heterocycles. The van der Waals surface area contributed by atoms with Gasteiger partial charge in [-0.15, -0.1) is 0 Å². The third-order valence-corrected chi connectivity index (χ3v) is 3.41. The molecule has 0 unspecified atom stereocenters. The Labute approximate surface area is 131 Å². The number of benzene rings is 1. The van der Waals surface area contributed by atoms with Gasteiger partial charge in [0.25, 0.3) is 0 Å². The smallest absolute Gasteiger partial charge is 0.231 e. The lowest BCUT2D eigenvalue weighted by Gasteiger charge is -2.08. The fourth-order valence-corrected chi connectivity index (χ4v) is 2.34. The van der Waals surface area contributed by atoms with Crippen molar-refractivity contribution in [3.05, 3.63) is 36.2 Å². The maximum Gasteiger partial charge on any atom is 0.231 e. The van der Waals surface area contributed by atoms with Crippen molar-refractivity contribution in [1.29, 1.82) is 0 Å². The first-order chi connectivity index (χ1) is 11.2. The summed E-state index contributed by atoms with van der Waals surface area (Å²) < 4.78 is 10.7. The molecule has 4 N–H and O–H groups in total. The molecule has 0 spiro atoms. The molecule has 3 aromatic rings. The first-order valence-electron chi connectivity index (χ1n) is 7.00. The van der Waals surface area contributed by atoms with E-state index in [9.17, 15) is 0 Å². The first kappa shape index (κ1) is 13.4. The van der Waals surface area contributed by atoms with E-state index < -0.39 is 0 Å². The predicted octanol–water partition coefficient (Wildman–Crippen LogP) is 2.23. The van der Waals surface area contributed by atoms with Crippen LogP contribution >= 0.6 is 0 Å². The molecule has 4 rings (SSSR count). The quantitative estimate of drug-likeness (QED) is 0.680. The highest BCUT2D eigenvalue weighted by atomic mass is 16.7. The van der Waals surface area contributed by atoms with Crippen molar-refractivity contribution in [3.8, 4) is 22.8 Å². The summed E-state index contributed by atoms with van der Waals surface area (Å²) in [6, 6.07) is 7.41. The van der Waals surface area contributed by atoms with Gasteiger partial charge in [0.1, 0.15) is 5.69 Å². The molecule has 1 aromatic carbocycles. The van der Waals surface area contributed by atoms with Gasteiger partial charge < -0.3 is 20.5 Å². The van der Waals surface area contributed by atoms with Crippen LogP contribution in [0.25, 0.3) is 11.3 Å². The summed E-state index contributed by atoms with van der Waals surface area (Å²) >= 11 is 0. The summed E-state index contributed by atoms with van der Waals surface area (Å²) in [6.45, 7) is 2.15. The molecule has 23 heavy (non-hydrogen) atoms. The van der Waals surface area contributed by atoms with E-state index >= 15 is 0 Å². The van der Waals surface area contributed by atoms with Gasteiger partial charge in [-0.3, -0.25) is 5.10 Å². The van der Waals surface area contributed by atoms with Crippen LogP contribution in [-0.2, 0) is 0 Å². The zero-order chi connectivity index (χ0) is 15.8. The van der Waals surface area contributed by atoms with Crippen LogP contribution < -0.4 is 20.5 Å². The van der Waals surface area contributed by atoms with E-state index in [2.05, 4.69) is 25.5 Å². The number of nitrogens with two attached hydrogens (primary N) is 1. The average molecular weight is 310 g/mol. The molecule has 1 aliphatic rings. The Morgan fingerprint density at radius 2 is 2.04 bits per heavy atom. The number of fused-ring (bicyclic) bond motifs is 1. The summed E-state index contributed by atoms with van der Waals surface area (Å²) in [5.74, 6) is 2.90. The zero-order valence-corrected chi connectivity index (χ0v) is 12.3. The zero-order valence-electron chi connectivity index (χ0n) is 12.3. The van der Waals surface area contributed by atoms with E-state index in [0.29, 0.717) is 34.6 Å². The summed E-state index contributed by atoms with van der Waals surface area (Å²) in [4.78, 5) is 8.72. The van der Waals surface area contributed by atoms with Gasteiger partial charge in [0.2, 0.25) is 6.79 Å². The number of anilines is 3. The van der Waals surface area contributed by atoms with Gasteiger partial charge in [0.05, 0.1) is 6.20 Å². The van der Waals surface area contributed by atoms with Crippen LogP contribution in [0.3, 0.4) is 0 Å². The van der Waals surface area contributed by atoms with E-state index in [1.54, 1.807) is 6.20 Å². The highest BCUT2D eigenvalue weighted by Gasteiger charge is 2.16. The Kier molecular flexibility index (Phi) is 3.00. The van der Waals surface area contributed by atoms with E-state index in [1.165, 1.54) is 0 Å². The minimum Gasteiger partial charge on any atom is -0.454 e. The fourth-order valence-electron chi connectivity index (χ4n) is 2.34. The molecule has 0 aliphatic carbocycles. The molecular formula is C15H14N6O2. The second-order valence-corrected chi connectivity index (χ2v) is 5.12. The lowest BCUT2D eigenvalue weighted by Crippen LogP contribution is -2.02. The molecule has 2 aromatic heterocycles. The van der Waals surface area contributed by atoms with Crippen molar-refractivity contribution < 1.29 is 9.47 Å². The molecule has 0 saturated heterocycles. The number of hydrogen-bond donors (Lipinski definition) is 3. The number of H-pyrrole nitrogens is 1. The predicted molar refractivity (Wildman–Crippen MR) is 84.6 cm³/mol. The van der Waals surface area contributed by atoms with Gasteiger partial charge in [-0.05, 0) is 25.1 Å². The first-order valence-corrected chi connectivity index (χ1v) is 7.00. The number of aromatic amines is 1. The van der Waals surface area contributed by atoms with Crippen LogP contribution in [0.2, 0.25) is 0 Å². The highest BCUT2D eigenvalue weighted by Crippen LogP contribution is 2.36. The maximum absolute atomic E-state index is 6.04. The van der Waals surface area contributed by atoms with Crippen LogP contribution in [-0.4, -0.2) is 27.0 Å². The molecule has 0 atom stereocenters. The van der Waals surface area contributed by atoms with Crippen LogP contribution in [0.15, 0.2) is 30.5 Å². The SMILES string of the molecule is Cc1cc(Nc2cnc(-c3ccc4c(c3)OCO4)c(N)n2)n[nH]1. The van der Waals surface area contributed by atoms with Gasteiger partial charge in [-0.1, -0.05) is 0 Å².